The number of esters is 2. The zero-order chi connectivity index (χ0) is 25.3. The van der Waals surface area contributed by atoms with Crippen LogP contribution in [0.4, 0.5) is 0 Å². The Balaban J connectivity index is 3.79. The molecule has 0 aromatic rings. The van der Waals surface area contributed by atoms with E-state index >= 15 is 0 Å². The smallest absolute Gasteiger partial charge is 0.309 e. The van der Waals surface area contributed by atoms with Gasteiger partial charge in [0.25, 0.3) is 0 Å². The van der Waals surface area contributed by atoms with Gasteiger partial charge in [-0.1, -0.05) is 118 Å². The predicted molar refractivity (Wildman–Crippen MR) is 144 cm³/mol. The first-order valence-corrected chi connectivity index (χ1v) is 14.9. The molecule has 4 nitrogen and oxygen atoms in total. The molecule has 0 fully saturated rings. The van der Waals surface area contributed by atoms with Crippen LogP contribution in [0, 0.1) is 11.8 Å². The summed E-state index contributed by atoms with van der Waals surface area (Å²) in [4.78, 5) is 24.4. The molecule has 0 bridgehead atoms. The first-order chi connectivity index (χ1) is 16.6. The zero-order valence-corrected chi connectivity index (χ0v) is 23.3. The van der Waals surface area contributed by atoms with Crippen LogP contribution in [0.3, 0.4) is 0 Å². The SMILES string of the molecule is CCCCCCCOC(=O)CCCCCCCCC(CC)C(CC)C(=O)OCCCCCCC. The summed E-state index contributed by atoms with van der Waals surface area (Å²) >= 11 is 0. The Kier molecular flexibility index (Phi) is 24.3. The molecule has 0 spiro atoms. The molecule has 0 heterocycles. The van der Waals surface area contributed by atoms with E-state index in [0.717, 1.165) is 51.4 Å². The van der Waals surface area contributed by atoms with Crippen molar-refractivity contribution in [2.45, 2.75) is 156 Å². The Morgan fingerprint density at radius 1 is 0.559 bits per heavy atom. The number of carbonyl (C=O) groups is 2. The van der Waals surface area contributed by atoms with Crippen LogP contribution < -0.4 is 0 Å². The maximum absolute atomic E-state index is 12.6. The quantitative estimate of drug-likeness (QED) is 0.0961. The predicted octanol–water partition coefficient (Wildman–Crippen LogP) is 9.19. The van der Waals surface area contributed by atoms with Gasteiger partial charge in [-0.15, -0.1) is 0 Å². The summed E-state index contributed by atoms with van der Waals surface area (Å²) in [6.07, 6.45) is 22.3. The third-order valence-corrected chi connectivity index (χ3v) is 7.04. The van der Waals surface area contributed by atoms with E-state index in [2.05, 4.69) is 27.7 Å². The molecule has 4 heteroatoms. The van der Waals surface area contributed by atoms with Crippen molar-refractivity contribution in [3.63, 3.8) is 0 Å². The van der Waals surface area contributed by atoms with E-state index in [0.29, 0.717) is 25.6 Å². The van der Waals surface area contributed by atoms with Crippen LogP contribution in [0.5, 0.6) is 0 Å². The van der Waals surface area contributed by atoms with Gasteiger partial charge >= 0.3 is 11.9 Å². The summed E-state index contributed by atoms with van der Waals surface area (Å²) in [5.41, 5.74) is 0. The minimum atomic E-state index is -0.0280. The number of unbranched alkanes of at least 4 members (excludes halogenated alkanes) is 13. The van der Waals surface area contributed by atoms with E-state index < -0.39 is 0 Å². The third kappa shape index (κ3) is 19.3. The van der Waals surface area contributed by atoms with Crippen LogP contribution in [0.15, 0.2) is 0 Å². The summed E-state index contributed by atoms with van der Waals surface area (Å²) in [5.74, 6) is 0.491. The second-order valence-corrected chi connectivity index (χ2v) is 10.1. The molecule has 0 N–H and O–H groups in total. The fraction of sp³-hybridized carbons (Fsp3) is 0.933. The van der Waals surface area contributed by atoms with Crippen molar-refractivity contribution in [2.24, 2.45) is 11.8 Å². The zero-order valence-electron chi connectivity index (χ0n) is 23.3. The highest BCUT2D eigenvalue weighted by atomic mass is 16.5. The molecule has 0 saturated heterocycles. The molecule has 0 amide bonds. The number of carbonyl (C=O) groups excluding carboxylic acids is 2. The van der Waals surface area contributed by atoms with Gasteiger partial charge in [0.1, 0.15) is 0 Å². The normalized spacial score (nSPS) is 12.9. The third-order valence-electron chi connectivity index (χ3n) is 7.04. The van der Waals surface area contributed by atoms with E-state index in [4.69, 9.17) is 9.47 Å². The lowest BCUT2D eigenvalue weighted by Crippen LogP contribution is -2.25. The van der Waals surface area contributed by atoms with Crippen LogP contribution in [0.1, 0.15) is 156 Å². The van der Waals surface area contributed by atoms with Gasteiger partial charge in [-0.05, 0) is 38.0 Å². The van der Waals surface area contributed by atoms with E-state index in [9.17, 15) is 9.59 Å². The van der Waals surface area contributed by atoms with Crippen molar-refractivity contribution in [3.8, 4) is 0 Å². The van der Waals surface area contributed by atoms with Crippen molar-refractivity contribution in [1.82, 2.24) is 0 Å². The molecule has 0 rings (SSSR count). The maximum Gasteiger partial charge on any atom is 0.309 e. The van der Waals surface area contributed by atoms with Crippen LogP contribution in [0.25, 0.3) is 0 Å². The Bertz CT molecular complexity index is 463. The fourth-order valence-electron chi connectivity index (χ4n) is 4.71. The van der Waals surface area contributed by atoms with Crippen molar-refractivity contribution in [2.75, 3.05) is 13.2 Å². The van der Waals surface area contributed by atoms with E-state index in [1.807, 2.05) is 0 Å². The van der Waals surface area contributed by atoms with Gasteiger partial charge in [0.15, 0.2) is 0 Å². The molecule has 0 aliphatic heterocycles. The average molecular weight is 483 g/mol. The van der Waals surface area contributed by atoms with Crippen LogP contribution in [0.2, 0.25) is 0 Å². The van der Waals surface area contributed by atoms with Gasteiger partial charge in [-0.25, -0.2) is 0 Å². The number of hydrogen-bond acceptors (Lipinski definition) is 4. The molecule has 0 aliphatic rings. The van der Waals surface area contributed by atoms with E-state index in [1.165, 1.54) is 70.6 Å². The standard InChI is InChI=1S/C30H58O4/c1-5-9-11-17-21-25-33-29(31)24-20-16-14-13-15-19-23-27(7-3)28(8-4)30(32)34-26-22-18-12-10-6-2/h27-28H,5-26H2,1-4H3. The lowest BCUT2D eigenvalue weighted by atomic mass is 9.84. The van der Waals surface area contributed by atoms with Crippen LogP contribution in [-0.4, -0.2) is 25.2 Å². The molecular formula is C30H58O4. The van der Waals surface area contributed by atoms with Gasteiger partial charge in [0.2, 0.25) is 0 Å². The summed E-state index contributed by atoms with van der Waals surface area (Å²) in [6.45, 7) is 9.92. The molecule has 0 aliphatic carbocycles. The Morgan fingerprint density at radius 2 is 1.06 bits per heavy atom. The van der Waals surface area contributed by atoms with Crippen LogP contribution >= 0.6 is 0 Å². The summed E-state index contributed by atoms with van der Waals surface area (Å²) in [6, 6.07) is 0. The van der Waals surface area contributed by atoms with Gasteiger partial charge < -0.3 is 9.47 Å². The van der Waals surface area contributed by atoms with Crippen LogP contribution in [-0.2, 0) is 19.1 Å². The summed E-state index contributed by atoms with van der Waals surface area (Å²) in [7, 11) is 0. The Labute approximate surface area is 212 Å². The highest BCUT2D eigenvalue weighted by Crippen LogP contribution is 2.27. The van der Waals surface area contributed by atoms with Gasteiger partial charge in [0.05, 0.1) is 19.1 Å². The first-order valence-electron chi connectivity index (χ1n) is 14.9. The van der Waals surface area contributed by atoms with Gasteiger partial charge in [-0.3, -0.25) is 9.59 Å². The molecule has 0 radical (unpaired) electrons. The minimum Gasteiger partial charge on any atom is -0.466 e. The highest BCUT2D eigenvalue weighted by Gasteiger charge is 2.26. The molecule has 34 heavy (non-hydrogen) atoms. The Morgan fingerprint density at radius 3 is 1.62 bits per heavy atom. The van der Waals surface area contributed by atoms with E-state index in [-0.39, 0.29) is 17.9 Å². The largest absolute Gasteiger partial charge is 0.466 e. The lowest BCUT2D eigenvalue weighted by molar-refractivity contribution is -0.151. The van der Waals surface area contributed by atoms with Crippen molar-refractivity contribution >= 4 is 11.9 Å². The van der Waals surface area contributed by atoms with Crippen molar-refractivity contribution < 1.29 is 19.1 Å². The summed E-state index contributed by atoms with van der Waals surface area (Å²) in [5, 5.41) is 0. The lowest BCUT2D eigenvalue weighted by Gasteiger charge is -2.23. The average Bonchev–Trinajstić information content (AvgIpc) is 2.84. The van der Waals surface area contributed by atoms with Crippen molar-refractivity contribution in [1.29, 1.82) is 0 Å². The molecule has 0 aromatic carbocycles. The molecule has 0 aromatic heterocycles. The Hall–Kier alpha value is -1.06. The monoisotopic (exact) mass is 482 g/mol. The molecule has 202 valence electrons. The molecule has 2 unspecified atom stereocenters. The topological polar surface area (TPSA) is 52.6 Å². The van der Waals surface area contributed by atoms with Gasteiger partial charge in [0, 0.05) is 6.42 Å². The molecule has 0 saturated carbocycles. The van der Waals surface area contributed by atoms with Gasteiger partial charge in [-0.2, -0.15) is 0 Å². The minimum absolute atomic E-state index is 0.0256. The first kappa shape index (κ1) is 32.9. The summed E-state index contributed by atoms with van der Waals surface area (Å²) < 4.78 is 10.9. The maximum atomic E-state index is 12.6. The molecule has 2 atom stereocenters. The number of hydrogen-bond donors (Lipinski definition) is 0. The van der Waals surface area contributed by atoms with Crippen molar-refractivity contribution in [3.05, 3.63) is 0 Å². The second kappa shape index (κ2) is 25.0. The number of rotatable bonds is 25. The molecular weight excluding hydrogens is 424 g/mol. The second-order valence-electron chi connectivity index (χ2n) is 10.1. The van der Waals surface area contributed by atoms with E-state index in [1.54, 1.807) is 0 Å². The number of ether oxygens (including phenoxy) is 2. The fourth-order valence-corrected chi connectivity index (χ4v) is 4.71. The highest BCUT2D eigenvalue weighted by molar-refractivity contribution is 5.72.